The molecule has 2 heterocycles. The summed E-state index contributed by atoms with van der Waals surface area (Å²) < 4.78 is 5.16. The first-order chi connectivity index (χ1) is 11.5. The number of benzene rings is 1. The molecule has 6 nitrogen and oxygen atoms in total. The van der Waals surface area contributed by atoms with E-state index in [1.165, 1.54) is 11.3 Å². The summed E-state index contributed by atoms with van der Waals surface area (Å²) in [6.07, 6.45) is 2.19. The highest BCUT2D eigenvalue weighted by atomic mass is 16.5. The molecule has 1 aromatic heterocycles. The fourth-order valence-electron chi connectivity index (χ4n) is 3.41. The molecule has 6 heteroatoms. The van der Waals surface area contributed by atoms with Crippen LogP contribution in [0.4, 0.5) is 16.2 Å². The van der Waals surface area contributed by atoms with Gasteiger partial charge in [0.2, 0.25) is 0 Å². The van der Waals surface area contributed by atoms with E-state index in [0.717, 1.165) is 42.1 Å². The predicted molar refractivity (Wildman–Crippen MR) is 94.6 cm³/mol. The molecule has 1 atom stereocenters. The van der Waals surface area contributed by atoms with Gasteiger partial charge in [0.25, 0.3) is 0 Å². The van der Waals surface area contributed by atoms with E-state index in [4.69, 9.17) is 4.52 Å². The molecule has 1 aliphatic heterocycles. The van der Waals surface area contributed by atoms with E-state index in [0.29, 0.717) is 0 Å². The Morgan fingerprint density at radius 3 is 2.88 bits per heavy atom. The summed E-state index contributed by atoms with van der Waals surface area (Å²) >= 11 is 0. The Bertz CT molecular complexity index is 734. The summed E-state index contributed by atoms with van der Waals surface area (Å²) in [5.74, 6) is 0.733. The quantitative estimate of drug-likeness (QED) is 0.904. The Morgan fingerprint density at radius 1 is 1.38 bits per heavy atom. The molecule has 0 fully saturated rings. The van der Waals surface area contributed by atoms with Gasteiger partial charge in [-0.25, -0.2) is 4.79 Å². The van der Waals surface area contributed by atoms with Gasteiger partial charge in [-0.2, -0.15) is 0 Å². The van der Waals surface area contributed by atoms with E-state index in [1.807, 2.05) is 26.8 Å². The van der Waals surface area contributed by atoms with Crippen LogP contribution in [0.25, 0.3) is 0 Å². The lowest BCUT2D eigenvalue weighted by Crippen LogP contribution is -2.31. The third kappa shape index (κ3) is 3.22. The van der Waals surface area contributed by atoms with Crippen LogP contribution in [0.3, 0.4) is 0 Å². The molecule has 0 bridgehead atoms. The minimum Gasteiger partial charge on any atom is -0.374 e. The molecule has 0 saturated carbocycles. The van der Waals surface area contributed by atoms with Gasteiger partial charge in [0.15, 0.2) is 0 Å². The van der Waals surface area contributed by atoms with Crippen molar-refractivity contribution in [2.45, 2.75) is 39.7 Å². The van der Waals surface area contributed by atoms with Gasteiger partial charge >= 0.3 is 6.03 Å². The van der Waals surface area contributed by atoms with Gasteiger partial charge < -0.3 is 20.1 Å². The number of hydrogen-bond acceptors (Lipinski definition) is 4. The van der Waals surface area contributed by atoms with Crippen molar-refractivity contribution in [1.82, 2.24) is 10.5 Å². The van der Waals surface area contributed by atoms with Crippen molar-refractivity contribution >= 4 is 17.4 Å². The van der Waals surface area contributed by atoms with Gasteiger partial charge in [0, 0.05) is 30.5 Å². The number of rotatable bonds is 3. The summed E-state index contributed by atoms with van der Waals surface area (Å²) in [4.78, 5) is 14.5. The van der Waals surface area contributed by atoms with Crippen LogP contribution in [-0.2, 0) is 6.42 Å². The van der Waals surface area contributed by atoms with Crippen molar-refractivity contribution in [1.29, 1.82) is 0 Å². The molecule has 2 amide bonds. The molecule has 1 aromatic carbocycles. The Balaban J connectivity index is 1.67. The number of nitrogens with one attached hydrogen (secondary N) is 2. The number of urea groups is 1. The van der Waals surface area contributed by atoms with Crippen LogP contribution in [0.5, 0.6) is 0 Å². The molecule has 0 spiro atoms. The first-order valence-electron chi connectivity index (χ1n) is 8.30. The van der Waals surface area contributed by atoms with Crippen LogP contribution in [-0.4, -0.2) is 24.8 Å². The standard InChI is InChI=1S/C18H24N4O2/c1-11(17-12(2)21-24-13(17)3)19-18(23)20-15-7-8-16-14(10-15)6-5-9-22(16)4/h7-8,10-11H,5-6,9H2,1-4H3,(H2,19,20,23)/t11-/m0/s1. The maximum atomic E-state index is 12.3. The van der Waals surface area contributed by atoms with E-state index in [9.17, 15) is 4.79 Å². The molecule has 1 aliphatic rings. The second kappa shape index (κ2) is 6.55. The zero-order valence-corrected chi connectivity index (χ0v) is 14.6. The molecular formula is C18H24N4O2. The molecule has 128 valence electrons. The fraction of sp³-hybridized carbons (Fsp3) is 0.444. The number of carbonyl (C=O) groups excluding carboxylic acids is 1. The molecule has 24 heavy (non-hydrogen) atoms. The molecular weight excluding hydrogens is 304 g/mol. The SMILES string of the molecule is Cc1noc(C)c1[C@H](C)NC(=O)Nc1ccc2c(c1)CCCN2C. The largest absolute Gasteiger partial charge is 0.374 e. The number of fused-ring (bicyclic) bond motifs is 1. The topological polar surface area (TPSA) is 70.4 Å². The van der Waals surface area contributed by atoms with Crippen LogP contribution in [0.2, 0.25) is 0 Å². The molecule has 0 unspecified atom stereocenters. The van der Waals surface area contributed by atoms with Crippen LogP contribution in [0, 0.1) is 13.8 Å². The summed E-state index contributed by atoms with van der Waals surface area (Å²) in [7, 11) is 2.10. The van der Waals surface area contributed by atoms with Crippen LogP contribution in [0.1, 0.15) is 42.0 Å². The zero-order valence-electron chi connectivity index (χ0n) is 14.6. The Labute approximate surface area is 142 Å². The maximum Gasteiger partial charge on any atom is 0.319 e. The lowest BCUT2D eigenvalue weighted by molar-refractivity contribution is 0.249. The second-order valence-corrected chi connectivity index (χ2v) is 6.43. The highest BCUT2D eigenvalue weighted by Gasteiger charge is 2.19. The fourth-order valence-corrected chi connectivity index (χ4v) is 3.41. The molecule has 0 radical (unpaired) electrons. The number of carbonyl (C=O) groups is 1. The highest BCUT2D eigenvalue weighted by Crippen LogP contribution is 2.28. The van der Waals surface area contributed by atoms with Gasteiger partial charge in [-0.05, 0) is 57.4 Å². The summed E-state index contributed by atoms with van der Waals surface area (Å²) in [5, 5.41) is 9.79. The summed E-state index contributed by atoms with van der Waals surface area (Å²) in [6.45, 7) is 6.73. The summed E-state index contributed by atoms with van der Waals surface area (Å²) in [5.41, 5.74) is 5.07. The van der Waals surface area contributed by atoms with Crippen molar-refractivity contribution in [3.8, 4) is 0 Å². The van der Waals surface area contributed by atoms with Gasteiger partial charge in [-0.1, -0.05) is 5.16 Å². The average Bonchev–Trinajstić information content (AvgIpc) is 2.86. The van der Waals surface area contributed by atoms with Crippen molar-refractivity contribution in [2.75, 3.05) is 23.8 Å². The number of nitrogens with zero attached hydrogens (tertiary/aromatic N) is 2. The van der Waals surface area contributed by atoms with Crippen LogP contribution in [0.15, 0.2) is 22.7 Å². The normalized spacial score (nSPS) is 14.9. The van der Waals surface area contributed by atoms with Crippen LogP contribution < -0.4 is 15.5 Å². The maximum absolute atomic E-state index is 12.3. The van der Waals surface area contributed by atoms with Crippen molar-refractivity contribution in [3.05, 3.63) is 40.8 Å². The zero-order chi connectivity index (χ0) is 17.3. The van der Waals surface area contributed by atoms with E-state index in [1.54, 1.807) is 0 Å². The second-order valence-electron chi connectivity index (χ2n) is 6.43. The Kier molecular flexibility index (Phi) is 4.46. The minimum absolute atomic E-state index is 0.167. The smallest absolute Gasteiger partial charge is 0.319 e. The van der Waals surface area contributed by atoms with Crippen molar-refractivity contribution < 1.29 is 9.32 Å². The lowest BCUT2D eigenvalue weighted by atomic mass is 10.0. The Morgan fingerprint density at radius 2 is 2.17 bits per heavy atom. The predicted octanol–water partition coefficient (Wildman–Crippen LogP) is 3.56. The molecule has 2 N–H and O–H groups in total. The molecule has 3 rings (SSSR count). The third-order valence-corrected chi connectivity index (χ3v) is 4.56. The third-order valence-electron chi connectivity index (χ3n) is 4.56. The minimum atomic E-state index is -0.230. The Hall–Kier alpha value is -2.50. The van der Waals surface area contributed by atoms with E-state index >= 15 is 0 Å². The van der Waals surface area contributed by atoms with Gasteiger partial charge in [0.1, 0.15) is 5.76 Å². The molecule has 0 aliphatic carbocycles. The molecule has 2 aromatic rings. The lowest BCUT2D eigenvalue weighted by Gasteiger charge is -2.27. The monoisotopic (exact) mass is 328 g/mol. The van der Waals surface area contributed by atoms with Gasteiger partial charge in [0.05, 0.1) is 11.7 Å². The average molecular weight is 328 g/mol. The number of hydrogen-bond donors (Lipinski definition) is 2. The van der Waals surface area contributed by atoms with E-state index in [2.05, 4.69) is 39.9 Å². The highest BCUT2D eigenvalue weighted by molar-refractivity contribution is 5.90. The van der Waals surface area contributed by atoms with Crippen LogP contribution >= 0.6 is 0 Å². The first kappa shape index (κ1) is 16.4. The number of anilines is 2. The van der Waals surface area contributed by atoms with E-state index in [-0.39, 0.29) is 12.1 Å². The van der Waals surface area contributed by atoms with Gasteiger partial charge in [-0.3, -0.25) is 0 Å². The van der Waals surface area contributed by atoms with Crippen molar-refractivity contribution in [3.63, 3.8) is 0 Å². The number of aryl methyl sites for hydroxylation is 3. The van der Waals surface area contributed by atoms with Crippen molar-refractivity contribution in [2.24, 2.45) is 0 Å². The summed E-state index contributed by atoms with van der Waals surface area (Å²) in [6, 6.07) is 5.68. The number of aromatic nitrogens is 1. The molecule has 0 saturated heterocycles. The number of amides is 2. The first-order valence-corrected chi connectivity index (χ1v) is 8.30. The van der Waals surface area contributed by atoms with Gasteiger partial charge in [-0.15, -0.1) is 0 Å². The van der Waals surface area contributed by atoms with E-state index < -0.39 is 0 Å².